The van der Waals surface area contributed by atoms with Crippen LogP contribution in [0.25, 0.3) is 0 Å². The van der Waals surface area contributed by atoms with E-state index in [9.17, 15) is 13.2 Å². The molecule has 15 heavy (non-hydrogen) atoms. The Morgan fingerprint density at radius 1 is 1.40 bits per heavy atom. The van der Waals surface area contributed by atoms with Crippen molar-refractivity contribution in [1.82, 2.24) is 0 Å². The molecular weight excluding hydrogens is 205 g/mol. The Morgan fingerprint density at radius 3 is 2.53 bits per heavy atom. The number of rotatable bonds is 3. The first-order valence-corrected chi connectivity index (χ1v) is 4.46. The predicted octanol–water partition coefficient (Wildman–Crippen LogP) is 2.42. The normalized spacial score (nSPS) is 10.8. The molecule has 1 aromatic rings. The third-order valence-corrected chi connectivity index (χ3v) is 2.13. The molecule has 0 saturated carbocycles. The molecule has 0 aliphatic carbocycles. The standard InChI is InChI=1S/C10H13F3N2/c1-6-3-9(8(14)4-7(6)11)15(2)5-10(12)13/h3-4,10H,5,14H2,1-2H3. The lowest BCUT2D eigenvalue weighted by Gasteiger charge is -2.21. The Morgan fingerprint density at radius 2 is 2.00 bits per heavy atom. The number of aryl methyl sites for hydroxylation is 1. The van der Waals surface area contributed by atoms with E-state index in [0.29, 0.717) is 11.3 Å². The fraction of sp³-hybridized carbons (Fsp3) is 0.400. The molecule has 0 aliphatic rings. The van der Waals surface area contributed by atoms with E-state index in [2.05, 4.69) is 0 Å². The Hall–Kier alpha value is -1.39. The van der Waals surface area contributed by atoms with Gasteiger partial charge in [-0.25, -0.2) is 13.2 Å². The minimum atomic E-state index is -2.44. The monoisotopic (exact) mass is 218 g/mol. The third kappa shape index (κ3) is 2.78. The van der Waals surface area contributed by atoms with E-state index in [1.54, 1.807) is 6.92 Å². The maximum absolute atomic E-state index is 13.0. The first-order valence-electron chi connectivity index (χ1n) is 4.46. The Labute approximate surface area is 86.5 Å². The maximum atomic E-state index is 13.0. The van der Waals surface area contributed by atoms with Gasteiger partial charge < -0.3 is 10.6 Å². The van der Waals surface area contributed by atoms with E-state index in [1.165, 1.54) is 18.0 Å². The number of alkyl halides is 2. The van der Waals surface area contributed by atoms with Gasteiger partial charge in [-0.15, -0.1) is 0 Å². The van der Waals surface area contributed by atoms with Crippen LogP contribution < -0.4 is 10.6 Å². The highest BCUT2D eigenvalue weighted by atomic mass is 19.3. The van der Waals surface area contributed by atoms with E-state index in [4.69, 9.17) is 5.73 Å². The van der Waals surface area contributed by atoms with Crippen molar-refractivity contribution in [2.75, 3.05) is 24.2 Å². The molecule has 0 aromatic heterocycles. The highest BCUT2D eigenvalue weighted by Crippen LogP contribution is 2.25. The van der Waals surface area contributed by atoms with Gasteiger partial charge in [-0.05, 0) is 24.6 Å². The largest absolute Gasteiger partial charge is 0.397 e. The molecule has 0 spiro atoms. The number of nitrogens with zero attached hydrogens (tertiary/aromatic N) is 1. The number of benzene rings is 1. The van der Waals surface area contributed by atoms with Gasteiger partial charge in [0.15, 0.2) is 0 Å². The summed E-state index contributed by atoms with van der Waals surface area (Å²) in [5.74, 6) is -0.429. The zero-order valence-electron chi connectivity index (χ0n) is 8.60. The van der Waals surface area contributed by atoms with Crippen LogP contribution in [0.3, 0.4) is 0 Å². The number of anilines is 2. The van der Waals surface area contributed by atoms with Crippen LogP contribution in [0.4, 0.5) is 24.5 Å². The smallest absolute Gasteiger partial charge is 0.255 e. The molecule has 0 fully saturated rings. The summed E-state index contributed by atoms with van der Waals surface area (Å²) in [4.78, 5) is 1.31. The van der Waals surface area contributed by atoms with E-state index in [1.807, 2.05) is 0 Å². The summed E-state index contributed by atoms with van der Waals surface area (Å²) in [7, 11) is 1.50. The molecule has 0 aliphatic heterocycles. The highest BCUT2D eigenvalue weighted by Gasteiger charge is 2.12. The van der Waals surface area contributed by atoms with Gasteiger partial charge in [0.2, 0.25) is 0 Å². The van der Waals surface area contributed by atoms with Crippen LogP contribution in [0.15, 0.2) is 12.1 Å². The van der Waals surface area contributed by atoms with Crippen molar-refractivity contribution >= 4 is 11.4 Å². The van der Waals surface area contributed by atoms with E-state index in [-0.39, 0.29) is 5.69 Å². The number of hydrogen-bond donors (Lipinski definition) is 1. The van der Waals surface area contributed by atoms with Crippen molar-refractivity contribution in [2.45, 2.75) is 13.3 Å². The van der Waals surface area contributed by atoms with Crippen molar-refractivity contribution < 1.29 is 13.2 Å². The zero-order valence-corrected chi connectivity index (χ0v) is 8.60. The molecule has 0 unspecified atom stereocenters. The van der Waals surface area contributed by atoms with Gasteiger partial charge in [0.1, 0.15) is 5.82 Å². The van der Waals surface area contributed by atoms with Crippen LogP contribution in [-0.4, -0.2) is 20.0 Å². The fourth-order valence-electron chi connectivity index (χ4n) is 1.32. The molecule has 2 nitrogen and oxygen atoms in total. The molecule has 1 aromatic carbocycles. The van der Waals surface area contributed by atoms with Gasteiger partial charge in [-0.2, -0.15) is 0 Å². The topological polar surface area (TPSA) is 29.3 Å². The van der Waals surface area contributed by atoms with Crippen LogP contribution in [0.5, 0.6) is 0 Å². The zero-order chi connectivity index (χ0) is 11.6. The second kappa shape index (κ2) is 4.42. The molecule has 1 rings (SSSR count). The summed E-state index contributed by atoms with van der Waals surface area (Å²) in [5, 5.41) is 0. The molecule has 0 saturated heterocycles. The van der Waals surface area contributed by atoms with Crippen molar-refractivity contribution in [1.29, 1.82) is 0 Å². The molecule has 84 valence electrons. The van der Waals surface area contributed by atoms with Gasteiger partial charge in [0, 0.05) is 7.05 Å². The number of halogens is 3. The van der Waals surface area contributed by atoms with E-state index < -0.39 is 18.8 Å². The molecule has 0 bridgehead atoms. The molecule has 0 atom stereocenters. The van der Waals surface area contributed by atoms with Crippen molar-refractivity contribution in [3.05, 3.63) is 23.5 Å². The Balaban J connectivity index is 2.98. The second-order valence-electron chi connectivity index (χ2n) is 3.43. The lowest BCUT2D eigenvalue weighted by atomic mass is 10.1. The number of nitrogens with two attached hydrogens (primary N) is 1. The van der Waals surface area contributed by atoms with Gasteiger partial charge in [-0.3, -0.25) is 0 Å². The summed E-state index contributed by atoms with van der Waals surface area (Å²) >= 11 is 0. The predicted molar refractivity (Wildman–Crippen MR) is 54.8 cm³/mol. The lowest BCUT2D eigenvalue weighted by Crippen LogP contribution is -2.25. The van der Waals surface area contributed by atoms with Crippen LogP contribution in [0, 0.1) is 12.7 Å². The molecule has 5 heteroatoms. The van der Waals surface area contributed by atoms with Gasteiger partial charge >= 0.3 is 0 Å². The molecule has 0 amide bonds. The molecule has 2 N–H and O–H groups in total. The Bertz CT molecular complexity index is 353. The summed E-state index contributed by atoms with van der Waals surface area (Å²) in [6.45, 7) is 1.14. The summed E-state index contributed by atoms with van der Waals surface area (Å²) in [6.07, 6.45) is -2.44. The fourth-order valence-corrected chi connectivity index (χ4v) is 1.32. The number of hydrogen-bond acceptors (Lipinski definition) is 2. The molecule has 0 heterocycles. The van der Waals surface area contributed by atoms with Crippen LogP contribution >= 0.6 is 0 Å². The third-order valence-electron chi connectivity index (χ3n) is 2.13. The first kappa shape index (κ1) is 11.7. The van der Waals surface area contributed by atoms with E-state index in [0.717, 1.165) is 6.07 Å². The van der Waals surface area contributed by atoms with Crippen molar-refractivity contribution in [3.63, 3.8) is 0 Å². The maximum Gasteiger partial charge on any atom is 0.255 e. The summed E-state index contributed by atoms with van der Waals surface area (Å²) < 4.78 is 37.3. The van der Waals surface area contributed by atoms with Crippen LogP contribution in [-0.2, 0) is 0 Å². The Kier molecular flexibility index (Phi) is 3.44. The summed E-state index contributed by atoms with van der Waals surface area (Å²) in [6, 6.07) is 2.61. The SMILES string of the molecule is Cc1cc(N(C)CC(F)F)c(N)cc1F. The summed E-state index contributed by atoms with van der Waals surface area (Å²) in [5.41, 5.74) is 6.52. The first-order chi connectivity index (χ1) is 6.91. The van der Waals surface area contributed by atoms with Crippen LogP contribution in [0.1, 0.15) is 5.56 Å². The average Bonchev–Trinajstić information content (AvgIpc) is 2.09. The van der Waals surface area contributed by atoms with Crippen LogP contribution in [0.2, 0.25) is 0 Å². The van der Waals surface area contributed by atoms with Gasteiger partial charge in [0.05, 0.1) is 17.9 Å². The van der Waals surface area contributed by atoms with E-state index >= 15 is 0 Å². The lowest BCUT2D eigenvalue weighted by molar-refractivity contribution is 0.156. The quantitative estimate of drug-likeness (QED) is 0.789. The van der Waals surface area contributed by atoms with Gasteiger partial charge in [-0.1, -0.05) is 0 Å². The average molecular weight is 218 g/mol. The van der Waals surface area contributed by atoms with Crippen molar-refractivity contribution in [3.8, 4) is 0 Å². The van der Waals surface area contributed by atoms with Crippen molar-refractivity contribution in [2.24, 2.45) is 0 Å². The molecule has 0 radical (unpaired) electrons. The highest BCUT2D eigenvalue weighted by molar-refractivity contribution is 5.68. The minimum absolute atomic E-state index is 0.168. The molecular formula is C10H13F3N2. The van der Waals surface area contributed by atoms with Gasteiger partial charge in [0.25, 0.3) is 6.43 Å². The minimum Gasteiger partial charge on any atom is -0.397 e. The number of nitrogen functional groups attached to an aromatic ring is 1. The second-order valence-corrected chi connectivity index (χ2v) is 3.43.